The van der Waals surface area contributed by atoms with Crippen molar-refractivity contribution in [3.05, 3.63) is 41.3 Å². The first-order valence-corrected chi connectivity index (χ1v) is 8.70. The summed E-state index contributed by atoms with van der Waals surface area (Å²) in [5.74, 6) is 1.51. The molecule has 3 rings (SSSR count). The van der Waals surface area contributed by atoms with E-state index in [1.54, 1.807) is 23.5 Å². The van der Waals surface area contributed by atoms with Gasteiger partial charge in [0.05, 0.1) is 5.75 Å². The molecule has 0 spiro atoms. The summed E-state index contributed by atoms with van der Waals surface area (Å²) in [5.41, 5.74) is 2.90. The van der Waals surface area contributed by atoms with Crippen LogP contribution in [-0.2, 0) is 12.2 Å². The Morgan fingerprint density at radius 3 is 3.11 bits per heavy atom. The van der Waals surface area contributed by atoms with Gasteiger partial charge in [-0.05, 0) is 36.6 Å². The number of hydrogen-bond donors (Lipinski definition) is 0. The first kappa shape index (κ1) is 13.1. The second-order valence-electron chi connectivity index (χ2n) is 4.59. The Bertz CT molecular complexity index is 556. The zero-order valence-electron chi connectivity index (χ0n) is 10.8. The molecule has 1 aromatic heterocycles. The predicted molar refractivity (Wildman–Crippen MR) is 79.5 cm³/mol. The third-order valence-electron chi connectivity index (χ3n) is 3.27. The highest BCUT2D eigenvalue weighted by Gasteiger charge is 2.22. The minimum absolute atomic E-state index is 0.451. The molecule has 100 valence electrons. The van der Waals surface area contributed by atoms with E-state index < -0.39 is 0 Å². The lowest BCUT2D eigenvalue weighted by Gasteiger charge is -2.23. The molecule has 0 unspecified atom stereocenters. The SMILES string of the molecule is CSCc1nnc(S[C@H]2CCCc3ccccc32)o1. The standard InChI is InChI=1S/C14H16N2OS2/c1-18-9-13-15-16-14(17-13)19-12-8-4-6-10-5-2-3-7-11(10)12/h2-3,5,7,12H,4,6,8-9H2,1H3/t12-/m0/s1. The Labute approximate surface area is 121 Å². The largest absolute Gasteiger partial charge is 0.415 e. The van der Waals surface area contributed by atoms with Gasteiger partial charge < -0.3 is 4.42 Å². The minimum atomic E-state index is 0.451. The summed E-state index contributed by atoms with van der Waals surface area (Å²) in [7, 11) is 0. The lowest BCUT2D eigenvalue weighted by Crippen LogP contribution is -2.06. The summed E-state index contributed by atoms with van der Waals surface area (Å²) < 4.78 is 5.66. The molecule has 1 heterocycles. The third-order valence-corrected chi connectivity index (χ3v) is 4.95. The van der Waals surface area contributed by atoms with Gasteiger partial charge in [-0.15, -0.1) is 10.2 Å². The van der Waals surface area contributed by atoms with Crippen LogP contribution in [0.15, 0.2) is 33.9 Å². The van der Waals surface area contributed by atoms with E-state index in [0.29, 0.717) is 10.5 Å². The quantitative estimate of drug-likeness (QED) is 0.848. The Hall–Kier alpha value is -0.940. The number of rotatable bonds is 4. The Morgan fingerprint density at radius 1 is 1.32 bits per heavy atom. The lowest BCUT2D eigenvalue weighted by atomic mass is 9.91. The van der Waals surface area contributed by atoms with Gasteiger partial charge in [0.15, 0.2) is 0 Å². The zero-order valence-corrected chi connectivity index (χ0v) is 12.5. The van der Waals surface area contributed by atoms with E-state index in [-0.39, 0.29) is 0 Å². The van der Waals surface area contributed by atoms with E-state index in [0.717, 1.165) is 11.6 Å². The fraction of sp³-hybridized carbons (Fsp3) is 0.429. The van der Waals surface area contributed by atoms with E-state index >= 15 is 0 Å². The topological polar surface area (TPSA) is 38.9 Å². The van der Waals surface area contributed by atoms with Gasteiger partial charge in [0.2, 0.25) is 5.89 Å². The fourth-order valence-corrected chi connectivity index (χ4v) is 3.90. The van der Waals surface area contributed by atoms with Crippen molar-refractivity contribution in [1.82, 2.24) is 10.2 Å². The van der Waals surface area contributed by atoms with Gasteiger partial charge in [-0.25, -0.2) is 0 Å². The van der Waals surface area contributed by atoms with Gasteiger partial charge in [0.25, 0.3) is 5.22 Å². The molecule has 19 heavy (non-hydrogen) atoms. The van der Waals surface area contributed by atoms with Crippen molar-refractivity contribution in [2.24, 2.45) is 0 Å². The van der Waals surface area contributed by atoms with Crippen LogP contribution >= 0.6 is 23.5 Å². The van der Waals surface area contributed by atoms with Crippen LogP contribution in [0, 0.1) is 0 Å². The summed E-state index contributed by atoms with van der Waals surface area (Å²) in [5, 5.41) is 9.36. The number of hydrogen-bond acceptors (Lipinski definition) is 5. The Morgan fingerprint density at radius 2 is 2.21 bits per heavy atom. The van der Waals surface area contributed by atoms with Gasteiger partial charge in [0.1, 0.15) is 0 Å². The molecule has 5 heteroatoms. The van der Waals surface area contributed by atoms with E-state index in [2.05, 4.69) is 34.5 Å². The van der Waals surface area contributed by atoms with Crippen LogP contribution < -0.4 is 0 Å². The summed E-state index contributed by atoms with van der Waals surface area (Å²) in [6.45, 7) is 0. The number of thioether (sulfide) groups is 2. The molecule has 0 aliphatic heterocycles. The smallest absolute Gasteiger partial charge is 0.277 e. The highest BCUT2D eigenvalue weighted by atomic mass is 32.2. The van der Waals surface area contributed by atoms with Crippen molar-refractivity contribution in [3.63, 3.8) is 0 Å². The van der Waals surface area contributed by atoms with Crippen LogP contribution in [0.4, 0.5) is 0 Å². The third kappa shape index (κ3) is 2.98. The summed E-state index contributed by atoms with van der Waals surface area (Å²) in [6, 6.07) is 8.69. The van der Waals surface area contributed by atoms with Crippen LogP contribution in [0.3, 0.4) is 0 Å². The van der Waals surface area contributed by atoms with Gasteiger partial charge in [-0.3, -0.25) is 0 Å². The molecular formula is C14H16N2OS2. The maximum Gasteiger partial charge on any atom is 0.277 e. The Kier molecular flexibility index (Phi) is 4.13. The van der Waals surface area contributed by atoms with Gasteiger partial charge >= 0.3 is 0 Å². The van der Waals surface area contributed by atoms with Crippen molar-refractivity contribution < 1.29 is 4.42 Å². The van der Waals surface area contributed by atoms with Gasteiger partial charge in [0, 0.05) is 5.25 Å². The molecule has 0 radical (unpaired) electrons. The molecule has 0 amide bonds. The minimum Gasteiger partial charge on any atom is -0.415 e. The van der Waals surface area contributed by atoms with E-state index in [9.17, 15) is 0 Å². The van der Waals surface area contributed by atoms with Crippen molar-refractivity contribution in [1.29, 1.82) is 0 Å². The van der Waals surface area contributed by atoms with E-state index in [1.807, 2.05) is 6.26 Å². The Balaban J connectivity index is 1.76. The average molecular weight is 292 g/mol. The normalized spacial score (nSPS) is 18.3. The molecule has 0 saturated carbocycles. The molecule has 0 bridgehead atoms. The number of benzene rings is 1. The van der Waals surface area contributed by atoms with Crippen molar-refractivity contribution >= 4 is 23.5 Å². The first-order valence-electron chi connectivity index (χ1n) is 6.42. The first-order chi connectivity index (χ1) is 9.36. The molecular weight excluding hydrogens is 276 g/mol. The number of nitrogens with zero attached hydrogens (tertiary/aromatic N) is 2. The predicted octanol–water partition coefficient (Wildman–Crippen LogP) is 4.10. The van der Waals surface area contributed by atoms with E-state index in [4.69, 9.17) is 4.42 Å². The molecule has 0 N–H and O–H groups in total. The van der Waals surface area contributed by atoms with Crippen molar-refractivity contribution in [2.45, 2.75) is 35.5 Å². The molecule has 1 atom stereocenters. The van der Waals surface area contributed by atoms with Crippen LogP contribution in [0.2, 0.25) is 0 Å². The zero-order chi connectivity index (χ0) is 13.1. The van der Waals surface area contributed by atoms with Gasteiger partial charge in [-0.2, -0.15) is 11.8 Å². The number of aryl methyl sites for hydroxylation is 1. The highest BCUT2D eigenvalue weighted by Crippen LogP contribution is 2.42. The molecule has 2 aromatic rings. The van der Waals surface area contributed by atoms with Crippen molar-refractivity contribution in [2.75, 3.05) is 6.26 Å². The molecule has 1 aliphatic carbocycles. The lowest BCUT2D eigenvalue weighted by molar-refractivity contribution is 0.425. The highest BCUT2D eigenvalue weighted by molar-refractivity contribution is 7.99. The number of aromatic nitrogens is 2. The van der Waals surface area contributed by atoms with Crippen molar-refractivity contribution in [3.8, 4) is 0 Å². The van der Waals surface area contributed by atoms with Gasteiger partial charge in [-0.1, -0.05) is 36.0 Å². The molecule has 1 aliphatic rings. The van der Waals surface area contributed by atoms with Crippen LogP contribution in [0.1, 0.15) is 35.1 Å². The second kappa shape index (κ2) is 6.01. The van der Waals surface area contributed by atoms with Crippen LogP contribution in [-0.4, -0.2) is 16.5 Å². The molecule has 0 fully saturated rings. The maximum absolute atomic E-state index is 5.66. The molecule has 3 nitrogen and oxygen atoms in total. The fourth-order valence-electron chi connectivity index (χ4n) is 2.42. The molecule has 0 saturated heterocycles. The average Bonchev–Trinajstić information content (AvgIpc) is 2.87. The second-order valence-corrected chi connectivity index (χ2v) is 6.61. The van der Waals surface area contributed by atoms with Crippen LogP contribution in [0.5, 0.6) is 0 Å². The monoisotopic (exact) mass is 292 g/mol. The maximum atomic E-state index is 5.66. The summed E-state index contributed by atoms with van der Waals surface area (Å²) in [6.07, 6.45) is 5.64. The van der Waals surface area contributed by atoms with Crippen LogP contribution in [0.25, 0.3) is 0 Å². The van der Waals surface area contributed by atoms with E-state index in [1.165, 1.54) is 30.4 Å². The summed E-state index contributed by atoms with van der Waals surface area (Å²) >= 11 is 3.40. The molecule has 1 aromatic carbocycles. The summed E-state index contributed by atoms with van der Waals surface area (Å²) in [4.78, 5) is 0. The number of fused-ring (bicyclic) bond motifs is 1.